The average molecular weight is 406 g/mol. The SMILES string of the molecule is COC(=O)C1=C(O)/C(=C\c2ccc(Cl)c(Cl)c2)SC1=Nc1ccccc1. The van der Waals surface area contributed by atoms with Crippen molar-refractivity contribution in [3.05, 3.63) is 80.4 Å². The van der Waals surface area contributed by atoms with E-state index in [9.17, 15) is 9.90 Å². The summed E-state index contributed by atoms with van der Waals surface area (Å²) in [6.07, 6.45) is 1.71. The van der Waals surface area contributed by atoms with E-state index in [1.165, 1.54) is 18.9 Å². The summed E-state index contributed by atoms with van der Waals surface area (Å²) in [4.78, 5) is 17.0. The average Bonchev–Trinajstić information content (AvgIpc) is 2.93. The molecule has 1 N–H and O–H groups in total. The van der Waals surface area contributed by atoms with E-state index in [2.05, 4.69) is 4.99 Å². The second-order valence-electron chi connectivity index (χ2n) is 5.25. The van der Waals surface area contributed by atoms with Crippen LogP contribution >= 0.6 is 35.0 Å². The number of hydrogen-bond donors (Lipinski definition) is 1. The summed E-state index contributed by atoms with van der Waals surface area (Å²) >= 11 is 13.1. The number of esters is 1. The summed E-state index contributed by atoms with van der Waals surface area (Å²) < 4.78 is 4.79. The van der Waals surface area contributed by atoms with Gasteiger partial charge in [-0.2, -0.15) is 0 Å². The zero-order valence-corrected chi connectivity index (χ0v) is 15.9. The molecule has 1 aliphatic heterocycles. The summed E-state index contributed by atoms with van der Waals surface area (Å²) in [5.74, 6) is -0.829. The number of aliphatic imine (C=N–C) groups is 1. The van der Waals surface area contributed by atoms with Gasteiger partial charge in [-0.3, -0.25) is 0 Å². The van der Waals surface area contributed by atoms with Gasteiger partial charge in [0.2, 0.25) is 0 Å². The van der Waals surface area contributed by atoms with Crippen LogP contribution in [0, 0.1) is 0 Å². The van der Waals surface area contributed by atoms with Gasteiger partial charge < -0.3 is 9.84 Å². The van der Waals surface area contributed by atoms with Crippen LogP contribution in [0.5, 0.6) is 0 Å². The van der Waals surface area contributed by atoms with Gasteiger partial charge in [0.15, 0.2) is 0 Å². The van der Waals surface area contributed by atoms with Gasteiger partial charge in [0.25, 0.3) is 0 Å². The molecule has 1 aliphatic rings. The van der Waals surface area contributed by atoms with Crippen LogP contribution in [0.25, 0.3) is 6.08 Å². The number of benzene rings is 2. The molecule has 0 fully saturated rings. The van der Waals surface area contributed by atoms with E-state index in [1.54, 1.807) is 36.4 Å². The van der Waals surface area contributed by atoms with Crippen LogP contribution in [0.3, 0.4) is 0 Å². The monoisotopic (exact) mass is 405 g/mol. The largest absolute Gasteiger partial charge is 0.506 e. The third-order valence-electron chi connectivity index (χ3n) is 3.51. The van der Waals surface area contributed by atoms with Gasteiger partial charge in [-0.05, 0) is 35.9 Å². The zero-order valence-electron chi connectivity index (χ0n) is 13.6. The smallest absolute Gasteiger partial charge is 0.344 e. The minimum absolute atomic E-state index is 0.0349. The van der Waals surface area contributed by atoms with E-state index in [0.29, 0.717) is 25.7 Å². The third-order valence-corrected chi connectivity index (χ3v) is 5.27. The normalized spacial score (nSPS) is 17.2. The predicted octanol–water partition coefficient (Wildman–Crippen LogP) is 5.80. The highest BCUT2D eigenvalue weighted by atomic mass is 35.5. The van der Waals surface area contributed by atoms with E-state index in [0.717, 1.165) is 5.56 Å². The molecule has 2 aromatic rings. The molecule has 3 rings (SSSR count). The van der Waals surface area contributed by atoms with Crippen molar-refractivity contribution in [1.82, 2.24) is 0 Å². The van der Waals surface area contributed by atoms with E-state index in [1.807, 2.05) is 18.2 Å². The molecule has 0 bridgehead atoms. The highest BCUT2D eigenvalue weighted by molar-refractivity contribution is 8.18. The first-order valence-corrected chi connectivity index (χ1v) is 9.07. The number of ether oxygens (including phenoxy) is 1. The maximum atomic E-state index is 12.1. The number of thioether (sulfide) groups is 1. The summed E-state index contributed by atoms with van der Waals surface area (Å²) in [5, 5.41) is 11.7. The molecule has 4 nitrogen and oxygen atoms in total. The summed E-state index contributed by atoms with van der Waals surface area (Å²) in [6.45, 7) is 0. The lowest BCUT2D eigenvalue weighted by Gasteiger charge is -2.01. The van der Waals surface area contributed by atoms with E-state index in [4.69, 9.17) is 27.9 Å². The number of aliphatic hydroxyl groups excluding tert-OH is 1. The van der Waals surface area contributed by atoms with E-state index < -0.39 is 5.97 Å². The molecule has 0 radical (unpaired) electrons. The van der Waals surface area contributed by atoms with Gasteiger partial charge in [0.1, 0.15) is 16.4 Å². The lowest BCUT2D eigenvalue weighted by molar-refractivity contribution is -0.135. The number of carbonyl (C=O) groups is 1. The predicted molar refractivity (Wildman–Crippen MR) is 107 cm³/mol. The van der Waals surface area contributed by atoms with Crippen molar-refractivity contribution in [1.29, 1.82) is 0 Å². The Morgan fingerprint density at radius 2 is 1.88 bits per heavy atom. The van der Waals surface area contributed by atoms with Gasteiger partial charge in [0.05, 0.1) is 27.7 Å². The minimum atomic E-state index is -0.651. The lowest BCUT2D eigenvalue weighted by Crippen LogP contribution is -2.10. The number of methoxy groups -OCH3 is 1. The van der Waals surface area contributed by atoms with Crippen molar-refractivity contribution in [3.8, 4) is 0 Å². The lowest BCUT2D eigenvalue weighted by atomic mass is 10.1. The number of aliphatic hydroxyl groups is 1. The van der Waals surface area contributed by atoms with Gasteiger partial charge in [-0.1, -0.05) is 59.2 Å². The van der Waals surface area contributed by atoms with Crippen LogP contribution in [0.15, 0.2) is 69.8 Å². The van der Waals surface area contributed by atoms with Crippen LogP contribution < -0.4 is 0 Å². The zero-order chi connectivity index (χ0) is 18.7. The fraction of sp³-hybridized carbons (Fsp3) is 0.0526. The van der Waals surface area contributed by atoms with Crippen molar-refractivity contribution >= 4 is 57.7 Å². The molecular formula is C19H13Cl2NO3S. The highest BCUT2D eigenvalue weighted by Crippen LogP contribution is 2.40. The number of para-hydroxylation sites is 1. The van der Waals surface area contributed by atoms with Crippen LogP contribution in [0.2, 0.25) is 10.0 Å². The summed E-state index contributed by atoms with van der Waals surface area (Å²) in [6, 6.07) is 14.3. The standard InChI is InChI=1S/C19H13Cl2NO3S/c1-25-19(24)16-17(23)15(10-11-7-8-13(20)14(21)9-11)26-18(16)22-12-5-3-2-4-6-12/h2-10,23H,1H3/b15-10+,22-18?. The fourth-order valence-corrected chi connectivity index (χ4v) is 3.61. The number of hydrogen-bond acceptors (Lipinski definition) is 5. The molecular weight excluding hydrogens is 393 g/mol. The van der Waals surface area contributed by atoms with Crippen LogP contribution in [-0.2, 0) is 9.53 Å². The summed E-state index contributed by atoms with van der Waals surface area (Å²) in [5.41, 5.74) is 1.44. The Balaban J connectivity index is 2.04. The molecule has 26 heavy (non-hydrogen) atoms. The first kappa shape index (κ1) is 18.6. The van der Waals surface area contributed by atoms with Crippen molar-refractivity contribution in [2.24, 2.45) is 4.99 Å². The van der Waals surface area contributed by atoms with Gasteiger partial charge >= 0.3 is 5.97 Å². The fourth-order valence-electron chi connectivity index (χ4n) is 2.26. The minimum Gasteiger partial charge on any atom is -0.506 e. The second-order valence-corrected chi connectivity index (χ2v) is 7.10. The molecule has 0 aliphatic carbocycles. The van der Waals surface area contributed by atoms with Crippen LogP contribution in [0.1, 0.15) is 5.56 Å². The van der Waals surface area contributed by atoms with Crippen molar-refractivity contribution in [2.45, 2.75) is 0 Å². The maximum Gasteiger partial charge on any atom is 0.344 e. The molecule has 1 heterocycles. The molecule has 2 aromatic carbocycles. The molecule has 0 spiro atoms. The van der Waals surface area contributed by atoms with Crippen LogP contribution in [0.4, 0.5) is 5.69 Å². The molecule has 0 amide bonds. The first-order chi connectivity index (χ1) is 12.5. The van der Waals surface area contributed by atoms with Gasteiger partial charge in [-0.25, -0.2) is 9.79 Å². The second kappa shape index (κ2) is 7.99. The molecule has 0 unspecified atom stereocenters. The Hall–Kier alpha value is -2.21. The Labute approximate surface area is 164 Å². The molecule has 0 atom stereocenters. The highest BCUT2D eigenvalue weighted by Gasteiger charge is 2.32. The molecule has 0 saturated carbocycles. The first-order valence-electron chi connectivity index (χ1n) is 7.50. The van der Waals surface area contributed by atoms with Gasteiger partial charge in [0, 0.05) is 0 Å². The quantitative estimate of drug-likeness (QED) is 0.655. The molecule has 0 aromatic heterocycles. The van der Waals surface area contributed by atoms with E-state index >= 15 is 0 Å². The Morgan fingerprint density at radius 3 is 2.54 bits per heavy atom. The number of halogens is 2. The van der Waals surface area contributed by atoms with E-state index in [-0.39, 0.29) is 11.3 Å². The van der Waals surface area contributed by atoms with Gasteiger partial charge in [-0.15, -0.1) is 0 Å². The maximum absolute atomic E-state index is 12.1. The van der Waals surface area contributed by atoms with Crippen molar-refractivity contribution in [2.75, 3.05) is 7.11 Å². The third kappa shape index (κ3) is 3.96. The number of carbonyl (C=O) groups excluding carboxylic acids is 1. The van der Waals surface area contributed by atoms with Crippen LogP contribution in [-0.4, -0.2) is 23.2 Å². The molecule has 132 valence electrons. The molecule has 7 heteroatoms. The molecule has 0 saturated heterocycles. The van der Waals surface area contributed by atoms with Crippen molar-refractivity contribution < 1.29 is 14.6 Å². The Bertz CT molecular complexity index is 953. The summed E-state index contributed by atoms with van der Waals surface area (Å²) in [7, 11) is 1.26. The Kier molecular flexibility index (Phi) is 5.71. The topological polar surface area (TPSA) is 58.9 Å². The number of rotatable bonds is 3. The Morgan fingerprint density at radius 1 is 1.15 bits per heavy atom. The van der Waals surface area contributed by atoms with Crippen molar-refractivity contribution in [3.63, 3.8) is 0 Å². The number of nitrogens with zero attached hydrogens (tertiary/aromatic N) is 1.